The topological polar surface area (TPSA) is 55.1 Å². The third-order valence-corrected chi connectivity index (χ3v) is 5.33. The average molecular weight is 411 g/mol. The molecule has 25 heavy (non-hydrogen) atoms. The van der Waals surface area contributed by atoms with Gasteiger partial charge in [0.15, 0.2) is 11.5 Å². The van der Waals surface area contributed by atoms with E-state index in [0.29, 0.717) is 10.6 Å². The van der Waals surface area contributed by atoms with Crippen LogP contribution in [0.5, 0.6) is 11.5 Å². The minimum absolute atomic E-state index is 0.244. The van der Waals surface area contributed by atoms with Gasteiger partial charge in [-0.3, -0.25) is 0 Å². The second-order valence-electron chi connectivity index (χ2n) is 5.30. The molecule has 0 radical (unpaired) electrons. The molecule has 0 spiro atoms. The summed E-state index contributed by atoms with van der Waals surface area (Å²) in [5.41, 5.74) is 3.22. The number of ether oxygens (including phenoxy) is 2. The Morgan fingerprint density at radius 1 is 1.20 bits per heavy atom. The fourth-order valence-electron chi connectivity index (χ4n) is 2.48. The molecule has 0 bridgehead atoms. The van der Waals surface area contributed by atoms with E-state index >= 15 is 0 Å². The van der Waals surface area contributed by atoms with Gasteiger partial charge in [-0.05, 0) is 35.9 Å². The van der Waals surface area contributed by atoms with Crippen molar-refractivity contribution in [1.29, 1.82) is 5.26 Å². The monoisotopic (exact) mass is 410 g/mol. The van der Waals surface area contributed by atoms with Crippen LogP contribution in [-0.2, 0) is 0 Å². The maximum Gasteiger partial charge on any atom is 0.231 e. The number of hydrogen-bond donors (Lipinski definition) is 0. The van der Waals surface area contributed by atoms with Crippen molar-refractivity contribution >= 4 is 38.9 Å². The lowest BCUT2D eigenvalue weighted by Crippen LogP contribution is -1.92. The highest BCUT2D eigenvalue weighted by Gasteiger charge is 2.16. The van der Waals surface area contributed by atoms with E-state index in [-0.39, 0.29) is 6.79 Å². The zero-order chi connectivity index (χ0) is 17.2. The molecule has 1 aliphatic heterocycles. The quantitative estimate of drug-likeness (QED) is 0.544. The third-order valence-electron chi connectivity index (χ3n) is 3.73. The molecule has 1 aromatic heterocycles. The molecule has 0 fully saturated rings. The highest BCUT2D eigenvalue weighted by molar-refractivity contribution is 9.10. The van der Waals surface area contributed by atoms with Crippen molar-refractivity contribution in [2.75, 3.05) is 6.79 Å². The molecule has 4 rings (SSSR count). The van der Waals surface area contributed by atoms with Gasteiger partial charge in [0.2, 0.25) is 6.79 Å². The Balaban J connectivity index is 1.68. The van der Waals surface area contributed by atoms with Crippen LogP contribution in [0.15, 0.2) is 52.3 Å². The summed E-state index contributed by atoms with van der Waals surface area (Å²) in [5.74, 6) is 1.46. The maximum absolute atomic E-state index is 9.53. The maximum atomic E-state index is 9.53. The molecule has 0 amide bonds. The van der Waals surface area contributed by atoms with Crippen LogP contribution in [0.4, 0.5) is 0 Å². The van der Waals surface area contributed by atoms with Crippen LogP contribution in [-0.4, -0.2) is 11.8 Å². The first kappa shape index (κ1) is 15.9. The minimum Gasteiger partial charge on any atom is -0.454 e. The zero-order valence-electron chi connectivity index (χ0n) is 12.9. The van der Waals surface area contributed by atoms with Crippen molar-refractivity contribution in [3.63, 3.8) is 0 Å². The first-order valence-corrected chi connectivity index (χ1v) is 9.14. The van der Waals surface area contributed by atoms with Crippen molar-refractivity contribution in [3.05, 3.63) is 62.9 Å². The van der Waals surface area contributed by atoms with Crippen molar-refractivity contribution in [2.45, 2.75) is 0 Å². The van der Waals surface area contributed by atoms with E-state index in [1.54, 1.807) is 0 Å². The van der Waals surface area contributed by atoms with Gasteiger partial charge in [0.05, 0.1) is 11.3 Å². The van der Waals surface area contributed by atoms with Crippen LogP contribution in [0.3, 0.4) is 0 Å². The average Bonchev–Trinajstić information content (AvgIpc) is 3.29. The zero-order valence-corrected chi connectivity index (χ0v) is 15.3. The fourth-order valence-corrected chi connectivity index (χ4v) is 3.67. The van der Waals surface area contributed by atoms with Crippen LogP contribution < -0.4 is 9.47 Å². The number of halogens is 1. The number of fused-ring (bicyclic) bond motifs is 1. The van der Waals surface area contributed by atoms with Gasteiger partial charge < -0.3 is 9.47 Å². The summed E-state index contributed by atoms with van der Waals surface area (Å²) in [6.45, 7) is 0.244. The fraction of sp³-hybridized carbons (Fsp3) is 0.0526. The normalized spacial score (nSPS) is 12.9. The Hall–Kier alpha value is -2.62. The Kier molecular flexibility index (Phi) is 4.26. The van der Waals surface area contributed by atoms with Crippen LogP contribution in [0, 0.1) is 11.3 Å². The lowest BCUT2D eigenvalue weighted by molar-refractivity contribution is 0.174. The van der Waals surface area contributed by atoms with Gasteiger partial charge >= 0.3 is 0 Å². The molecular weight excluding hydrogens is 400 g/mol. The smallest absolute Gasteiger partial charge is 0.231 e. The predicted octanol–water partition coefficient (Wildman–Crippen LogP) is 5.37. The summed E-state index contributed by atoms with van der Waals surface area (Å²) in [5, 5.41) is 12.2. The number of allylic oxidation sites excluding steroid dienone is 1. The summed E-state index contributed by atoms with van der Waals surface area (Å²) in [4.78, 5) is 4.62. The van der Waals surface area contributed by atoms with Gasteiger partial charge in [0.25, 0.3) is 0 Å². The number of hydrogen-bond acceptors (Lipinski definition) is 5. The molecule has 2 aromatic carbocycles. The first-order chi connectivity index (χ1) is 12.2. The molecule has 0 saturated carbocycles. The second kappa shape index (κ2) is 6.71. The molecule has 0 atom stereocenters. The molecule has 0 saturated heterocycles. The van der Waals surface area contributed by atoms with Crippen LogP contribution in [0.25, 0.3) is 22.9 Å². The first-order valence-electron chi connectivity index (χ1n) is 7.47. The number of nitriles is 1. The number of thiazole rings is 1. The van der Waals surface area contributed by atoms with Gasteiger partial charge in [0, 0.05) is 15.4 Å². The van der Waals surface area contributed by atoms with Crippen LogP contribution >= 0.6 is 27.3 Å². The van der Waals surface area contributed by atoms with E-state index in [2.05, 4.69) is 27.0 Å². The third kappa shape index (κ3) is 3.16. The van der Waals surface area contributed by atoms with E-state index < -0.39 is 0 Å². The SMILES string of the molecule is N#CC(=Cc1ccccc1Br)c1nc(-c2ccc3c(c2)OCO3)cs1. The molecule has 122 valence electrons. The Morgan fingerprint density at radius 2 is 2.04 bits per heavy atom. The van der Waals surface area contributed by atoms with Gasteiger partial charge in [0.1, 0.15) is 11.1 Å². The highest BCUT2D eigenvalue weighted by atomic mass is 79.9. The summed E-state index contributed by atoms with van der Waals surface area (Å²) in [7, 11) is 0. The number of benzene rings is 2. The predicted molar refractivity (Wildman–Crippen MR) is 101 cm³/mol. The van der Waals surface area contributed by atoms with Crippen LogP contribution in [0.1, 0.15) is 10.6 Å². The number of aromatic nitrogens is 1. The molecule has 0 aliphatic carbocycles. The lowest BCUT2D eigenvalue weighted by Gasteiger charge is -2.00. The largest absolute Gasteiger partial charge is 0.454 e. The van der Waals surface area contributed by atoms with Crippen molar-refractivity contribution in [1.82, 2.24) is 4.98 Å². The number of rotatable bonds is 3. The Labute approximate surface area is 157 Å². The second-order valence-corrected chi connectivity index (χ2v) is 7.01. The molecule has 1 aliphatic rings. The van der Waals surface area contributed by atoms with Gasteiger partial charge in [-0.25, -0.2) is 4.98 Å². The molecule has 0 N–H and O–H groups in total. The molecular formula is C19H11BrN2O2S. The molecule has 3 aromatic rings. The van der Waals surface area contributed by atoms with Crippen LogP contribution in [0.2, 0.25) is 0 Å². The van der Waals surface area contributed by atoms with E-state index in [4.69, 9.17) is 9.47 Å². The van der Waals surface area contributed by atoms with E-state index in [0.717, 1.165) is 32.8 Å². The van der Waals surface area contributed by atoms with E-state index in [9.17, 15) is 5.26 Å². The van der Waals surface area contributed by atoms with E-state index in [1.807, 2.05) is 53.9 Å². The summed E-state index contributed by atoms with van der Waals surface area (Å²) in [6, 6.07) is 15.7. The Morgan fingerprint density at radius 3 is 2.88 bits per heavy atom. The lowest BCUT2D eigenvalue weighted by atomic mass is 10.1. The van der Waals surface area contributed by atoms with Crippen molar-refractivity contribution < 1.29 is 9.47 Å². The van der Waals surface area contributed by atoms with E-state index in [1.165, 1.54) is 11.3 Å². The van der Waals surface area contributed by atoms with Gasteiger partial charge in [-0.15, -0.1) is 11.3 Å². The minimum atomic E-state index is 0.244. The molecule has 2 heterocycles. The van der Waals surface area contributed by atoms with Gasteiger partial charge in [-0.2, -0.15) is 5.26 Å². The molecule has 4 nitrogen and oxygen atoms in total. The molecule has 6 heteroatoms. The summed E-state index contributed by atoms with van der Waals surface area (Å²) in [6.07, 6.45) is 1.84. The number of nitrogens with zero attached hydrogens (tertiary/aromatic N) is 2. The van der Waals surface area contributed by atoms with Crippen molar-refractivity contribution in [3.8, 4) is 28.8 Å². The standard InChI is InChI=1S/C19H11BrN2O2S/c20-15-4-2-1-3-12(15)7-14(9-21)19-22-16(10-25-19)13-5-6-17-18(8-13)24-11-23-17/h1-8,10H,11H2. The van der Waals surface area contributed by atoms with Crippen molar-refractivity contribution in [2.24, 2.45) is 0 Å². The Bertz CT molecular complexity index is 1020. The van der Waals surface area contributed by atoms with Gasteiger partial charge in [-0.1, -0.05) is 34.1 Å². The highest BCUT2D eigenvalue weighted by Crippen LogP contribution is 2.36. The summed E-state index contributed by atoms with van der Waals surface area (Å²) < 4.78 is 11.7. The molecule has 0 unspecified atom stereocenters. The summed E-state index contributed by atoms with van der Waals surface area (Å²) >= 11 is 4.95.